The van der Waals surface area contributed by atoms with Crippen LogP contribution in [0.25, 0.3) is 0 Å². The maximum Gasteiger partial charge on any atom is 0.255 e. The third-order valence-corrected chi connectivity index (χ3v) is 4.88. The van der Waals surface area contributed by atoms with E-state index in [0.717, 1.165) is 30.8 Å². The number of carbonyl (C=O) groups excluding carboxylic acids is 1. The molecule has 1 aliphatic carbocycles. The molecule has 0 bridgehead atoms. The predicted octanol–water partition coefficient (Wildman–Crippen LogP) is 3.52. The summed E-state index contributed by atoms with van der Waals surface area (Å²) in [5.74, 6) is 1.41. The minimum absolute atomic E-state index is 0.211. The van der Waals surface area contributed by atoms with Gasteiger partial charge in [-0.3, -0.25) is 4.79 Å². The van der Waals surface area contributed by atoms with E-state index >= 15 is 0 Å². The van der Waals surface area contributed by atoms with E-state index in [-0.39, 0.29) is 5.91 Å². The van der Waals surface area contributed by atoms with Gasteiger partial charge in [0.1, 0.15) is 0 Å². The standard InChI is InChI=1S/C19H22N2O/c1-13-2-4-14(5-3-13)10-15-11-21(12-15)19(22)17-8-9-20-18(17)16-6-7-16/h2-5,8-9,15-16,20H,6-7,10-12H2,1H3. The van der Waals surface area contributed by atoms with Gasteiger partial charge in [-0.15, -0.1) is 0 Å². The number of amides is 1. The molecule has 1 aromatic carbocycles. The zero-order valence-corrected chi connectivity index (χ0v) is 13.0. The SMILES string of the molecule is Cc1ccc(CC2CN(C(=O)c3cc[nH]c3C3CC3)C2)cc1. The number of benzene rings is 1. The largest absolute Gasteiger partial charge is 0.364 e. The Morgan fingerprint density at radius 1 is 1.18 bits per heavy atom. The molecule has 0 spiro atoms. The number of rotatable bonds is 4. The van der Waals surface area contributed by atoms with Crippen LogP contribution in [0.1, 0.15) is 45.9 Å². The first-order valence-corrected chi connectivity index (χ1v) is 8.23. The minimum Gasteiger partial charge on any atom is -0.364 e. The quantitative estimate of drug-likeness (QED) is 0.920. The van der Waals surface area contributed by atoms with Gasteiger partial charge < -0.3 is 9.88 Å². The number of hydrogen-bond donors (Lipinski definition) is 1. The molecule has 0 radical (unpaired) electrons. The second-order valence-corrected chi connectivity index (χ2v) is 6.85. The summed E-state index contributed by atoms with van der Waals surface area (Å²) in [5.41, 5.74) is 4.74. The van der Waals surface area contributed by atoms with Crippen molar-refractivity contribution < 1.29 is 4.79 Å². The van der Waals surface area contributed by atoms with E-state index in [4.69, 9.17) is 0 Å². The number of carbonyl (C=O) groups is 1. The molecular formula is C19H22N2O. The Labute approximate surface area is 131 Å². The molecule has 2 heterocycles. The summed E-state index contributed by atoms with van der Waals surface area (Å²) in [4.78, 5) is 17.8. The Kier molecular flexibility index (Phi) is 3.29. The molecule has 1 saturated heterocycles. The molecule has 2 aromatic rings. The Morgan fingerprint density at radius 3 is 2.59 bits per heavy atom. The van der Waals surface area contributed by atoms with Crippen molar-refractivity contribution in [3.05, 3.63) is 58.9 Å². The number of nitrogens with one attached hydrogen (secondary N) is 1. The summed E-state index contributed by atoms with van der Waals surface area (Å²) in [6, 6.07) is 10.7. The van der Waals surface area contributed by atoms with Gasteiger partial charge in [0.05, 0.1) is 5.56 Å². The first kappa shape index (κ1) is 13.6. The Morgan fingerprint density at radius 2 is 1.91 bits per heavy atom. The van der Waals surface area contributed by atoms with Crippen LogP contribution in [0, 0.1) is 12.8 Å². The van der Waals surface area contributed by atoms with Crippen LogP contribution in [-0.2, 0) is 6.42 Å². The molecule has 2 aliphatic rings. The van der Waals surface area contributed by atoms with Gasteiger partial charge in [0, 0.05) is 25.0 Å². The van der Waals surface area contributed by atoms with E-state index in [9.17, 15) is 4.79 Å². The topological polar surface area (TPSA) is 36.1 Å². The molecule has 22 heavy (non-hydrogen) atoms. The number of aromatic amines is 1. The number of nitrogens with zero attached hydrogens (tertiary/aromatic N) is 1. The fraction of sp³-hybridized carbons (Fsp3) is 0.421. The van der Waals surface area contributed by atoms with Crippen LogP contribution >= 0.6 is 0 Å². The van der Waals surface area contributed by atoms with Crippen molar-refractivity contribution in [1.29, 1.82) is 0 Å². The van der Waals surface area contributed by atoms with Crippen LogP contribution in [0.2, 0.25) is 0 Å². The number of H-pyrrole nitrogens is 1. The van der Waals surface area contributed by atoms with Crippen molar-refractivity contribution in [1.82, 2.24) is 9.88 Å². The molecule has 0 atom stereocenters. The smallest absolute Gasteiger partial charge is 0.255 e. The Hall–Kier alpha value is -2.03. The van der Waals surface area contributed by atoms with E-state index in [1.54, 1.807) is 0 Å². The van der Waals surface area contributed by atoms with Crippen LogP contribution in [0.3, 0.4) is 0 Å². The molecule has 1 saturated carbocycles. The highest BCUT2D eigenvalue weighted by Crippen LogP contribution is 2.41. The van der Waals surface area contributed by atoms with Crippen molar-refractivity contribution in [2.75, 3.05) is 13.1 Å². The van der Waals surface area contributed by atoms with E-state index < -0.39 is 0 Å². The lowest BCUT2D eigenvalue weighted by Gasteiger charge is -2.39. The predicted molar refractivity (Wildman–Crippen MR) is 87.0 cm³/mol. The van der Waals surface area contributed by atoms with Gasteiger partial charge in [0.25, 0.3) is 5.91 Å². The van der Waals surface area contributed by atoms with Gasteiger partial charge in [-0.25, -0.2) is 0 Å². The third kappa shape index (κ3) is 2.56. The average molecular weight is 294 g/mol. The first-order valence-electron chi connectivity index (χ1n) is 8.23. The molecule has 3 heteroatoms. The zero-order valence-electron chi connectivity index (χ0n) is 13.0. The molecule has 1 aromatic heterocycles. The molecule has 1 aliphatic heterocycles. The summed E-state index contributed by atoms with van der Waals surface area (Å²) in [7, 11) is 0. The molecule has 1 N–H and O–H groups in total. The highest BCUT2D eigenvalue weighted by atomic mass is 16.2. The Bertz CT molecular complexity index is 676. The van der Waals surface area contributed by atoms with Crippen LogP contribution in [0.15, 0.2) is 36.5 Å². The van der Waals surface area contributed by atoms with Gasteiger partial charge in [-0.1, -0.05) is 29.8 Å². The Balaban J connectivity index is 1.35. The van der Waals surface area contributed by atoms with Crippen molar-refractivity contribution in [2.45, 2.75) is 32.1 Å². The van der Waals surface area contributed by atoms with Gasteiger partial charge >= 0.3 is 0 Å². The lowest BCUT2D eigenvalue weighted by molar-refractivity contribution is 0.0500. The first-order chi connectivity index (χ1) is 10.7. The zero-order chi connectivity index (χ0) is 15.1. The minimum atomic E-state index is 0.211. The van der Waals surface area contributed by atoms with E-state index in [2.05, 4.69) is 36.2 Å². The lowest BCUT2D eigenvalue weighted by atomic mass is 9.91. The summed E-state index contributed by atoms with van der Waals surface area (Å²) in [6.45, 7) is 3.89. The molecule has 3 nitrogen and oxygen atoms in total. The normalized spacial score (nSPS) is 18.3. The van der Waals surface area contributed by atoms with Crippen LogP contribution < -0.4 is 0 Å². The van der Waals surface area contributed by atoms with Crippen LogP contribution in [0.5, 0.6) is 0 Å². The van der Waals surface area contributed by atoms with Gasteiger partial charge in [0.15, 0.2) is 0 Å². The second-order valence-electron chi connectivity index (χ2n) is 6.85. The summed E-state index contributed by atoms with van der Waals surface area (Å²) < 4.78 is 0. The van der Waals surface area contributed by atoms with E-state index in [1.807, 2.05) is 17.2 Å². The fourth-order valence-electron chi connectivity index (χ4n) is 3.37. The monoisotopic (exact) mass is 294 g/mol. The highest BCUT2D eigenvalue weighted by Gasteiger charge is 2.35. The summed E-state index contributed by atoms with van der Waals surface area (Å²) in [5, 5.41) is 0. The summed E-state index contributed by atoms with van der Waals surface area (Å²) in [6.07, 6.45) is 5.42. The van der Waals surface area contributed by atoms with Crippen molar-refractivity contribution >= 4 is 5.91 Å². The molecule has 0 unspecified atom stereocenters. The van der Waals surface area contributed by atoms with Gasteiger partial charge in [-0.2, -0.15) is 0 Å². The number of hydrogen-bond acceptors (Lipinski definition) is 1. The van der Waals surface area contributed by atoms with Crippen molar-refractivity contribution in [3.8, 4) is 0 Å². The van der Waals surface area contributed by atoms with E-state index in [0.29, 0.717) is 11.8 Å². The number of aromatic nitrogens is 1. The second kappa shape index (κ2) is 5.31. The van der Waals surface area contributed by atoms with Crippen molar-refractivity contribution in [3.63, 3.8) is 0 Å². The highest BCUT2D eigenvalue weighted by molar-refractivity contribution is 5.96. The third-order valence-electron chi connectivity index (χ3n) is 4.88. The molecular weight excluding hydrogens is 272 g/mol. The molecule has 1 amide bonds. The van der Waals surface area contributed by atoms with E-state index in [1.165, 1.54) is 24.0 Å². The average Bonchev–Trinajstić information content (AvgIpc) is 3.21. The van der Waals surface area contributed by atoms with Crippen LogP contribution in [0.4, 0.5) is 0 Å². The van der Waals surface area contributed by atoms with Gasteiger partial charge in [0.2, 0.25) is 0 Å². The molecule has 4 rings (SSSR count). The lowest BCUT2D eigenvalue weighted by Crippen LogP contribution is -2.50. The van der Waals surface area contributed by atoms with Crippen LogP contribution in [-0.4, -0.2) is 28.9 Å². The number of aryl methyl sites for hydroxylation is 1. The van der Waals surface area contributed by atoms with Gasteiger partial charge in [-0.05, 0) is 49.7 Å². The maximum absolute atomic E-state index is 12.6. The maximum atomic E-state index is 12.6. The fourth-order valence-corrected chi connectivity index (χ4v) is 3.37. The summed E-state index contributed by atoms with van der Waals surface area (Å²) >= 11 is 0. The van der Waals surface area contributed by atoms with Crippen molar-refractivity contribution in [2.24, 2.45) is 5.92 Å². The molecule has 114 valence electrons. The number of likely N-dealkylation sites (tertiary alicyclic amines) is 1. The molecule has 2 fully saturated rings.